The van der Waals surface area contributed by atoms with Gasteiger partial charge in [-0.1, -0.05) is 5.16 Å². The highest BCUT2D eigenvalue weighted by Gasteiger charge is 2.11. The molecule has 0 spiro atoms. The van der Waals surface area contributed by atoms with E-state index in [9.17, 15) is 5.11 Å². The van der Waals surface area contributed by atoms with Crippen LogP contribution in [-0.2, 0) is 0 Å². The van der Waals surface area contributed by atoms with Crippen LogP contribution in [0.25, 0.3) is 11.3 Å². The van der Waals surface area contributed by atoms with Crippen molar-refractivity contribution in [1.82, 2.24) is 5.16 Å². The topological polar surface area (TPSA) is 72.3 Å². The average Bonchev–Trinajstić information content (AvgIpc) is 2.58. The first-order valence-corrected chi connectivity index (χ1v) is 4.60. The van der Waals surface area contributed by atoms with Crippen LogP contribution in [0.4, 0.5) is 5.82 Å². The summed E-state index contributed by atoms with van der Waals surface area (Å²) in [6.07, 6.45) is 0. The van der Waals surface area contributed by atoms with Crippen LogP contribution in [-0.4, -0.2) is 10.3 Å². The third-order valence-electron chi connectivity index (χ3n) is 2.41. The number of anilines is 1. The lowest BCUT2D eigenvalue weighted by Crippen LogP contribution is -1.84. The summed E-state index contributed by atoms with van der Waals surface area (Å²) in [5.74, 6) is 0.963. The second-order valence-corrected chi connectivity index (χ2v) is 3.57. The molecule has 4 nitrogen and oxygen atoms in total. The number of aromatic hydroxyl groups is 1. The highest BCUT2D eigenvalue weighted by Crippen LogP contribution is 2.32. The summed E-state index contributed by atoms with van der Waals surface area (Å²) in [5, 5.41) is 13.3. The van der Waals surface area contributed by atoms with Crippen LogP contribution in [0.3, 0.4) is 0 Å². The molecule has 0 aliphatic heterocycles. The van der Waals surface area contributed by atoms with E-state index < -0.39 is 0 Å². The Morgan fingerprint density at radius 2 is 1.87 bits per heavy atom. The van der Waals surface area contributed by atoms with Gasteiger partial charge < -0.3 is 15.4 Å². The molecule has 0 saturated carbocycles. The minimum absolute atomic E-state index is 0.175. The third kappa shape index (κ3) is 1.66. The van der Waals surface area contributed by atoms with Crippen molar-refractivity contribution < 1.29 is 9.63 Å². The Balaban J connectivity index is 2.58. The monoisotopic (exact) mass is 204 g/mol. The zero-order chi connectivity index (χ0) is 11.0. The molecule has 1 heterocycles. The van der Waals surface area contributed by atoms with E-state index >= 15 is 0 Å². The van der Waals surface area contributed by atoms with Gasteiger partial charge in [0.2, 0.25) is 0 Å². The molecule has 0 aliphatic rings. The maximum Gasteiger partial charge on any atom is 0.172 e. The molecule has 0 saturated heterocycles. The predicted octanol–water partition coefficient (Wildman–Crippen LogP) is 2.25. The molecular weight excluding hydrogens is 192 g/mol. The molecule has 0 fully saturated rings. The molecule has 0 unspecified atom stereocenters. The lowest BCUT2D eigenvalue weighted by atomic mass is 10.0. The molecule has 0 atom stereocenters. The van der Waals surface area contributed by atoms with Crippen molar-refractivity contribution in [3.8, 4) is 17.1 Å². The minimum Gasteiger partial charge on any atom is -0.507 e. The van der Waals surface area contributed by atoms with Gasteiger partial charge in [-0.15, -0.1) is 0 Å². The molecule has 78 valence electrons. The average molecular weight is 204 g/mol. The number of aromatic nitrogens is 1. The van der Waals surface area contributed by atoms with Gasteiger partial charge in [-0.3, -0.25) is 0 Å². The summed E-state index contributed by atoms with van der Waals surface area (Å²) in [7, 11) is 0. The second-order valence-electron chi connectivity index (χ2n) is 3.57. The first-order chi connectivity index (χ1) is 7.08. The van der Waals surface area contributed by atoms with Crippen molar-refractivity contribution in [2.24, 2.45) is 0 Å². The van der Waals surface area contributed by atoms with Gasteiger partial charge in [0.05, 0.1) is 5.56 Å². The summed E-state index contributed by atoms with van der Waals surface area (Å²) in [6.45, 7) is 3.91. The zero-order valence-electron chi connectivity index (χ0n) is 8.61. The number of nitrogens with two attached hydrogens (primary N) is 1. The molecule has 1 aromatic heterocycles. The van der Waals surface area contributed by atoms with E-state index in [1.54, 1.807) is 12.1 Å². The van der Waals surface area contributed by atoms with Crippen LogP contribution in [0.1, 0.15) is 11.1 Å². The summed E-state index contributed by atoms with van der Waals surface area (Å²) in [6, 6.07) is 5.14. The van der Waals surface area contributed by atoms with Crippen LogP contribution >= 0.6 is 0 Å². The summed E-state index contributed by atoms with van der Waals surface area (Å²) in [4.78, 5) is 0. The van der Waals surface area contributed by atoms with E-state index in [-0.39, 0.29) is 5.75 Å². The number of phenols is 1. The third-order valence-corrected chi connectivity index (χ3v) is 2.41. The highest BCUT2D eigenvalue weighted by molar-refractivity contribution is 5.68. The van der Waals surface area contributed by atoms with Crippen molar-refractivity contribution in [3.63, 3.8) is 0 Å². The van der Waals surface area contributed by atoms with Crippen molar-refractivity contribution in [3.05, 3.63) is 29.3 Å². The normalized spacial score (nSPS) is 10.5. The quantitative estimate of drug-likeness (QED) is 0.747. The number of phenolic OH excluding ortho intramolecular Hbond substituents is 1. The molecule has 0 bridgehead atoms. The van der Waals surface area contributed by atoms with Gasteiger partial charge in [0.25, 0.3) is 0 Å². The molecule has 0 aliphatic carbocycles. The molecule has 1 aromatic carbocycles. The highest BCUT2D eigenvalue weighted by atomic mass is 16.5. The number of aryl methyl sites for hydroxylation is 2. The Morgan fingerprint density at radius 1 is 1.20 bits per heavy atom. The van der Waals surface area contributed by atoms with Crippen molar-refractivity contribution in [1.29, 1.82) is 0 Å². The van der Waals surface area contributed by atoms with Crippen LogP contribution in [0.5, 0.6) is 5.75 Å². The molecule has 4 heteroatoms. The van der Waals surface area contributed by atoms with Gasteiger partial charge in [-0.25, -0.2) is 0 Å². The first-order valence-electron chi connectivity index (χ1n) is 4.60. The molecule has 3 N–H and O–H groups in total. The van der Waals surface area contributed by atoms with Gasteiger partial charge in [0.1, 0.15) is 5.75 Å². The SMILES string of the molecule is Cc1cc(O)c(-c2cc(N)no2)cc1C. The molecule has 0 amide bonds. The Morgan fingerprint density at radius 3 is 2.47 bits per heavy atom. The van der Waals surface area contributed by atoms with E-state index in [1.165, 1.54) is 0 Å². The number of hydrogen-bond acceptors (Lipinski definition) is 4. The lowest BCUT2D eigenvalue weighted by molar-refractivity contribution is 0.429. The van der Waals surface area contributed by atoms with E-state index in [2.05, 4.69) is 5.16 Å². The second kappa shape index (κ2) is 3.31. The van der Waals surface area contributed by atoms with Crippen LogP contribution in [0.2, 0.25) is 0 Å². The van der Waals surface area contributed by atoms with Crippen molar-refractivity contribution in [2.45, 2.75) is 13.8 Å². The fourth-order valence-corrected chi connectivity index (χ4v) is 1.41. The van der Waals surface area contributed by atoms with E-state index in [0.717, 1.165) is 11.1 Å². The Hall–Kier alpha value is -1.97. The zero-order valence-corrected chi connectivity index (χ0v) is 8.61. The fourth-order valence-electron chi connectivity index (χ4n) is 1.41. The summed E-state index contributed by atoms with van der Waals surface area (Å²) >= 11 is 0. The summed E-state index contributed by atoms with van der Waals surface area (Å²) in [5.41, 5.74) is 8.17. The van der Waals surface area contributed by atoms with Crippen molar-refractivity contribution >= 4 is 5.82 Å². The van der Waals surface area contributed by atoms with E-state index in [0.29, 0.717) is 17.1 Å². The molecule has 0 radical (unpaired) electrons. The van der Waals surface area contributed by atoms with Crippen molar-refractivity contribution in [2.75, 3.05) is 5.73 Å². The number of benzene rings is 1. The first kappa shape index (κ1) is 9.58. The lowest BCUT2D eigenvalue weighted by Gasteiger charge is -2.05. The Labute approximate surface area is 87.3 Å². The van der Waals surface area contributed by atoms with E-state index in [4.69, 9.17) is 10.3 Å². The predicted molar refractivity (Wildman–Crippen MR) is 57.5 cm³/mol. The fraction of sp³-hybridized carbons (Fsp3) is 0.182. The van der Waals surface area contributed by atoms with Crippen LogP contribution < -0.4 is 5.73 Å². The number of nitrogens with zero attached hydrogens (tertiary/aromatic N) is 1. The number of rotatable bonds is 1. The van der Waals surface area contributed by atoms with Gasteiger partial charge >= 0.3 is 0 Å². The van der Waals surface area contributed by atoms with Gasteiger partial charge in [-0.05, 0) is 37.1 Å². The van der Waals surface area contributed by atoms with Gasteiger partial charge in [0.15, 0.2) is 11.6 Å². The van der Waals surface area contributed by atoms with Gasteiger partial charge in [-0.2, -0.15) is 0 Å². The maximum absolute atomic E-state index is 9.75. The van der Waals surface area contributed by atoms with Crippen LogP contribution in [0.15, 0.2) is 22.7 Å². The summed E-state index contributed by atoms with van der Waals surface area (Å²) < 4.78 is 4.99. The Bertz CT molecular complexity index is 503. The minimum atomic E-state index is 0.175. The largest absolute Gasteiger partial charge is 0.507 e. The number of nitrogen functional groups attached to an aromatic ring is 1. The molecule has 15 heavy (non-hydrogen) atoms. The standard InChI is InChI=1S/C11H12N2O2/c1-6-3-8(9(14)4-7(6)2)10-5-11(12)13-15-10/h3-5,14H,1-2H3,(H2,12,13). The molecule has 2 aromatic rings. The number of hydrogen-bond donors (Lipinski definition) is 2. The van der Waals surface area contributed by atoms with Gasteiger partial charge in [0, 0.05) is 6.07 Å². The maximum atomic E-state index is 9.75. The van der Waals surface area contributed by atoms with Crippen LogP contribution in [0, 0.1) is 13.8 Å². The Kier molecular flexibility index (Phi) is 2.11. The molecular formula is C11H12N2O2. The molecule has 2 rings (SSSR count). The smallest absolute Gasteiger partial charge is 0.172 e. The van der Waals surface area contributed by atoms with E-state index in [1.807, 2.05) is 19.9 Å².